The molecular weight excluding hydrogens is 214 g/mol. The van der Waals surface area contributed by atoms with Gasteiger partial charge in [-0.2, -0.15) is 10.1 Å². The minimum atomic E-state index is -0.639. The van der Waals surface area contributed by atoms with Gasteiger partial charge in [0.05, 0.1) is 6.61 Å². The standard InChI is InChI=1S/C8H9N5O3/c1-13-6-4(5(15)3(2-14)12-13)7(16)11-8(9)10-6/h14H,2H2,1H3,(H3,9,10,11,16). The Labute approximate surface area is 88.4 Å². The molecule has 0 unspecified atom stereocenters. The Balaban J connectivity index is 3.08. The molecule has 0 aliphatic rings. The number of rotatable bonds is 1. The summed E-state index contributed by atoms with van der Waals surface area (Å²) in [7, 11) is 1.51. The highest BCUT2D eigenvalue weighted by Gasteiger charge is 2.13. The third kappa shape index (κ3) is 1.36. The summed E-state index contributed by atoms with van der Waals surface area (Å²) in [5.41, 5.74) is 4.06. The van der Waals surface area contributed by atoms with E-state index in [1.54, 1.807) is 0 Å². The Morgan fingerprint density at radius 2 is 2.19 bits per heavy atom. The first-order valence-corrected chi connectivity index (χ1v) is 4.41. The van der Waals surface area contributed by atoms with Crippen molar-refractivity contribution in [2.45, 2.75) is 6.61 Å². The third-order valence-electron chi connectivity index (χ3n) is 2.13. The number of H-pyrrole nitrogens is 1. The van der Waals surface area contributed by atoms with Crippen LogP contribution in [0.1, 0.15) is 5.69 Å². The topological polar surface area (TPSA) is 127 Å². The van der Waals surface area contributed by atoms with Crippen LogP contribution in [0.2, 0.25) is 0 Å². The summed E-state index contributed by atoms with van der Waals surface area (Å²) < 4.78 is 1.23. The molecule has 0 saturated carbocycles. The van der Waals surface area contributed by atoms with Crippen LogP contribution in [0.3, 0.4) is 0 Å². The summed E-state index contributed by atoms with van der Waals surface area (Å²) in [6, 6.07) is 0. The molecule has 4 N–H and O–H groups in total. The maximum atomic E-state index is 11.7. The van der Waals surface area contributed by atoms with E-state index in [0.717, 1.165) is 0 Å². The van der Waals surface area contributed by atoms with Crippen LogP contribution >= 0.6 is 0 Å². The fourth-order valence-corrected chi connectivity index (χ4v) is 1.44. The van der Waals surface area contributed by atoms with Crippen LogP contribution in [0.15, 0.2) is 9.59 Å². The van der Waals surface area contributed by atoms with E-state index < -0.39 is 17.6 Å². The number of nitrogens with zero attached hydrogens (tertiary/aromatic N) is 3. The van der Waals surface area contributed by atoms with Gasteiger partial charge in [0.25, 0.3) is 5.56 Å². The molecule has 0 fully saturated rings. The second kappa shape index (κ2) is 3.42. The first kappa shape index (κ1) is 10.3. The molecule has 0 saturated heterocycles. The maximum Gasteiger partial charge on any atom is 0.265 e. The van der Waals surface area contributed by atoms with Gasteiger partial charge >= 0.3 is 0 Å². The van der Waals surface area contributed by atoms with E-state index in [2.05, 4.69) is 15.1 Å². The molecule has 0 spiro atoms. The SMILES string of the molecule is Cn1nc(CO)c(=O)c2c(=O)[nH]c(N)nc21. The third-order valence-corrected chi connectivity index (χ3v) is 2.13. The molecule has 8 heteroatoms. The minimum Gasteiger partial charge on any atom is -0.390 e. The number of fused-ring (bicyclic) bond motifs is 1. The molecule has 0 bridgehead atoms. The zero-order chi connectivity index (χ0) is 11.9. The Hall–Kier alpha value is -2.22. The van der Waals surface area contributed by atoms with E-state index in [-0.39, 0.29) is 22.7 Å². The van der Waals surface area contributed by atoms with Crippen molar-refractivity contribution in [3.63, 3.8) is 0 Å². The van der Waals surface area contributed by atoms with Crippen LogP contribution in [0.5, 0.6) is 0 Å². The molecule has 0 atom stereocenters. The van der Waals surface area contributed by atoms with E-state index in [4.69, 9.17) is 10.8 Å². The number of hydrogen-bond donors (Lipinski definition) is 3. The molecule has 0 aliphatic carbocycles. The van der Waals surface area contributed by atoms with E-state index in [1.165, 1.54) is 11.7 Å². The van der Waals surface area contributed by atoms with Crippen molar-refractivity contribution in [1.82, 2.24) is 19.7 Å². The highest BCUT2D eigenvalue weighted by Crippen LogP contribution is 2.01. The zero-order valence-electron chi connectivity index (χ0n) is 8.39. The molecule has 16 heavy (non-hydrogen) atoms. The van der Waals surface area contributed by atoms with Crippen molar-refractivity contribution in [1.29, 1.82) is 0 Å². The normalized spacial score (nSPS) is 10.9. The average Bonchev–Trinajstić information content (AvgIpc) is 2.22. The first-order chi connectivity index (χ1) is 7.54. The van der Waals surface area contributed by atoms with Gasteiger partial charge in [-0.15, -0.1) is 0 Å². The number of nitrogen functional groups attached to an aromatic ring is 1. The second-order valence-corrected chi connectivity index (χ2v) is 3.21. The lowest BCUT2D eigenvalue weighted by Crippen LogP contribution is -2.26. The van der Waals surface area contributed by atoms with Crippen LogP contribution in [-0.2, 0) is 13.7 Å². The van der Waals surface area contributed by atoms with E-state index >= 15 is 0 Å². The van der Waals surface area contributed by atoms with Crippen LogP contribution in [0, 0.1) is 0 Å². The summed E-state index contributed by atoms with van der Waals surface area (Å²) in [6.45, 7) is -0.535. The number of aliphatic hydroxyl groups is 1. The van der Waals surface area contributed by atoms with Crippen LogP contribution in [0.4, 0.5) is 5.95 Å². The molecule has 2 aromatic rings. The number of aliphatic hydroxyl groups excluding tert-OH is 1. The van der Waals surface area contributed by atoms with Gasteiger partial charge in [0.2, 0.25) is 11.4 Å². The number of nitrogens with two attached hydrogens (primary N) is 1. The predicted molar refractivity (Wildman–Crippen MR) is 55.7 cm³/mol. The van der Waals surface area contributed by atoms with E-state index in [0.29, 0.717) is 0 Å². The summed E-state index contributed by atoms with van der Waals surface area (Å²) in [5.74, 6) is -0.0916. The highest BCUT2D eigenvalue weighted by atomic mass is 16.3. The van der Waals surface area contributed by atoms with Gasteiger partial charge in [0, 0.05) is 7.05 Å². The molecule has 8 nitrogen and oxygen atoms in total. The van der Waals surface area contributed by atoms with Crippen LogP contribution < -0.4 is 16.7 Å². The van der Waals surface area contributed by atoms with Crippen LogP contribution in [0.25, 0.3) is 11.0 Å². The number of aromatic amines is 1. The molecule has 2 aromatic heterocycles. The lowest BCUT2D eigenvalue weighted by atomic mass is 10.3. The second-order valence-electron chi connectivity index (χ2n) is 3.21. The minimum absolute atomic E-state index is 0.0865. The van der Waals surface area contributed by atoms with Gasteiger partial charge < -0.3 is 10.8 Å². The summed E-state index contributed by atoms with van der Waals surface area (Å²) in [5, 5.41) is 12.5. The Morgan fingerprint density at radius 1 is 1.50 bits per heavy atom. The van der Waals surface area contributed by atoms with Crippen molar-refractivity contribution in [2.24, 2.45) is 7.05 Å². The Bertz CT molecular complexity index is 672. The molecule has 2 heterocycles. The molecule has 0 amide bonds. The molecule has 84 valence electrons. The average molecular weight is 223 g/mol. The fourth-order valence-electron chi connectivity index (χ4n) is 1.44. The van der Waals surface area contributed by atoms with Gasteiger partial charge in [-0.3, -0.25) is 14.6 Å². The predicted octanol–water partition coefficient (Wildman–Crippen LogP) is -1.91. The lowest BCUT2D eigenvalue weighted by Gasteiger charge is -2.05. The Kier molecular flexibility index (Phi) is 2.20. The van der Waals surface area contributed by atoms with E-state index in [1.807, 2.05) is 0 Å². The molecule has 0 radical (unpaired) electrons. The number of aryl methyl sites for hydroxylation is 1. The van der Waals surface area contributed by atoms with E-state index in [9.17, 15) is 9.59 Å². The van der Waals surface area contributed by atoms with Gasteiger partial charge in [-0.25, -0.2) is 4.68 Å². The van der Waals surface area contributed by atoms with Gasteiger partial charge in [-0.05, 0) is 0 Å². The lowest BCUT2D eigenvalue weighted by molar-refractivity contribution is 0.273. The van der Waals surface area contributed by atoms with Crippen molar-refractivity contribution in [3.05, 3.63) is 26.3 Å². The van der Waals surface area contributed by atoms with Gasteiger partial charge in [-0.1, -0.05) is 0 Å². The van der Waals surface area contributed by atoms with Crippen molar-refractivity contribution in [3.8, 4) is 0 Å². The molecule has 2 rings (SSSR count). The van der Waals surface area contributed by atoms with Crippen molar-refractivity contribution >= 4 is 17.0 Å². The molecule has 0 aromatic carbocycles. The largest absolute Gasteiger partial charge is 0.390 e. The summed E-state index contributed by atoms with van der Waals surface area (Å²) >= 11 is 0. The van der Waals surface area contributed by atoms with Gasteiger partial charge in [0.1, 0.15) is 11.1 Å². The Morgan fingerprint density at radius 3 is 2.81 bits per heavy atom. The highest BCUT2D eigenvalue weighted by molar-refractivity contribution is 5.74. The first-order valence-electron chi connectivity index (χ1n) is 4.41. The molecular formula is C8H9N5O3. The van der Waals surface area contributed by atoms with Crippen LogP contribution in [-0.4, -0.2) is 24.9 Å². The van der Waals surface area contributed by atoms with Gasteiger partial charge in [0.15, 0.2) is 5.65 Å². The number of nitrogens with one attached hydrogen (secondary N) is 1. The maximum absolute atomic E-state index is 11.7. The van der Waals surface area contributed by atoms with Crippen molar-refractivity contribution < 1.29 is 5.11 Å². The van der Waals surface area contributed by atoms with Crippen molar-refractivity contribution in [2.75, 3.05) is 5.73 Å². The summed E-state index contributed by atoms with van der Waals surface area (Å²) in [4.78, 5) is 29.3. The summed E-state index contributed by atoms with van der Waals surface area (Å²) in [6.07, 6.45) is 0. The molecule has 0 aliphatic heterocycles. The zero-order valence-corrected chi connectivity index (χ0v) is 8.39. The smallest absolute Gasteiger partial charge is 0.265 e. The number of anilines is 1. The fraction of sp³-hybridized carbons (Fsp3) is 0.250. The number of hydrogen-bond acceptors (Lipinski definition) is 6. The number of aromatic nitrogens is 4. The monoisotopic (exact) mass is 223 g/mol. The quantitative estimate of drug-likeness (QED) is 0.517.